The number of amides is 2. The molecule has 2 N–H and O–H groups in total. The number of halogens is 1. The average Bonchev–Trinajstić information content (AvgIpc) is 2.49. The Bertz CT molecular complexity index is 681. The first-order chi connectivity index (χ1) is 10.5. The third-order valence-corrected chi connectivity index (χ3v) is 3.14. The van der Waals surface area contributed by atoms with Crippen LogP contribution in [-0.4, -0.2) is 11.8 Å². The zero-order valence-corrected chi connectivity index (χ0v) is 12.4. The SMILES string of the molecule is CC(C)c1ccccc1NC(=O)C(=O)Nc1ccc(F)cc1. The van der Waals surface area contributed by atoms with Crippen molar-refractivity contribution >= 4 is 23.2 Å². The molecule has 4 nitrogen and oxygen atoms in total. The maximum Gasteiger partial charge on any atom is 0.314 e. The van der Waals surface area contributed by atoms with Gasteiger partial charge in [-0.3, -0.25) is 9.59 Å². The Kier molecular flexibility index (Phi) is 4.88. The molecule has 2 aromatic carbocycles. The summed E-state index contributed by atoms with van der Waals surface area (Å²) in [6.45, 7) is 4.01. The standard InChI is InChI=1S/C17H17FN2O2/c1-11(2)14-5-3-4-6-15(14)20-17(22)16(21)19-13-9-7-12(18)8-10-13/h3-11H,1-2H3,(H,19,21)(H,20,22). The predicted octanol–water partition coefficient (Wildman–Crippen LogP) is 3.53. The number of hydrogen-bond acceptors (Lipinski definition) is 2. The van der Waals surface area contributed by atoms with Gasteiger partial charge >= 0.3 is 11.8 Å². The van der Waals surface area contributed by atoms with E-state index >= 15 is 0 Å². The highest BCUT2D eigenvalue weighted by atomic mass is 19.1. The summed E-state index contributed by atoms with van der Waals surface area (Å²) in [4.78, 5) is 23.8. The van der Waals surface area contributed by atoms with Gasteiger partial charge in [-0.25, -0.2) is 4.39 Å². The minimum absolute atomic E-state index is 0.219. The van der Waals surface area contributed by atoms with Crippen LogP contribution in [0.2, 0.25) is 0 Å². The van der Waals surface area contributed by atoms with Crippen molar-refractivity contribution in [3.8, 4) is 0 Å². The van der Waals surface area contributed by atoms with Crippen molar-refractivity contribution < 1.29 is 14.0 Å². The number of rotatable bonds is 3. The fourth-order valence-corrected chi connectivity index (χ4v) is 2.01. The first-order valence-corrected chi connectivity index (χ1v) is 6.94. The van der Waals surface area contributed by atoms with Gasteiger partial charge in [-0.2, -0.15) is 0 Å². The van der Waals surface area contributed by atoms with Crippen LogP contribution in [0.25, 0.3) is 0 Å². The molecule has 0 bridgehead atoms. The second kappa shape index (κ2) is 6.85. The van der Waals surface area contributed by atoms with Crippen molar-refractivity contribution in [2.24, 2.45) is 0 Å². The number of nitrogens with one attached hydrogen (secondary N) is 2. The predicted molar refractivity (Wildman–Crippen MR) is 84.2 cm³/mol. The van der Waals surface area contributed by atoms with Crippen LogP contribution >= 0.6 is 0 Å². The Morgan fingerprint density at radius 3 is 2.14 bits per heavy atom. The maximum atomic E-state index is 12.8. The number of anilines is 2. The first kappa shape index (κ1) is 15.7. The zero-order valence-electron chi connectivity index (χ0n) is 12.4. The Balaban J connectivity index is 2.06. The molecule has 0 aromatic heterocycles. The first-order valence-electron chi connectivity index (χ1n) is 6.94. The average molecular weight is 300 g/mol. The summed E-state index contributed by atoms with van der Waals surface area (Å²) < 4.78 is 12.8. The normalized spacial score (nSPS) is 10.4. The van der Waals surface area contributed by atoms with E-state index in [2.05, 4.69) is 10.6 Å². The molecule has 2 rings (SSSR count). The fraction of sp³-hybridized carbons (Fsp3) is 0.176. The highest BCUT2D eigenvalue weighted by Gasteiger charge is 2.16. The number of carbonyl (C=O) groups excluding carboxylic acids is 2. The Morgan fingerprint density at radius 2 is 1.50 bits per heavy atom. The highest BCUT2D eigenvalue weighted by Crippen LogP contribution is 2.23. The molecule has 5 heteroatoms. The molecule has 2 aromatic rings. The van der Waals surface area contributed by atoms with E-state index < -0.39 is 17.6 Å². The number of benzene rings is 2. The molecule has 0 spiro atoms. The Labute approximate surface area is 128 Å². The summed E-state index contributed by atoms with van der Waals surface area (Å²) in [7, 11) is 0. The Hall–Kier alpha value is -2.69. The summed E-state index contributed by atoms with van der Waals surface area (Å²) in [6.07, 6.45) is 0. The van der Waals surface area contributed by atoms with Crippen LogP contribution in [0.4, 0.5) is 15.8 Å². The molecule has 0 aliphatic carbocycles. The van der Waals surface area contributed by atoms with E-state index in [4.69, 9.17) is 0 Å². The van der Waals surface area contributed by atoms with Crippen molar-refractivity contribution in [3.63, 3.8) is 0 Å². The van der Waals surface area contributed by atoms with Gasteiger partial charge in [-0.1, -0.05) is 32.0 Å². The maximum absolute atomic E-state index is 12.8. The van der Waals surface area contributed by atoms with Crippen LogP contribution in [0.15, 0.2) is 48.5 Å². The van der Waals surface area contributed by atoms with Crippen molar-refractivity contribution in [1.82, 2.24) is 0 Å². The van der Waals surface area contributed by atoms with Gasteiger partial charge in [-0.05, 0) is 41.8 Å². The van der Waals surface area contributed by atoms with Gasteiger partial charge in [0.15, 0.2) is 0 Å². The molecule has 22 heavy (non-hydrogen) atoms. The largest absolute Gasteiger partial charge is 0.318 e. The van der Waals surface area contributed by atoms with Crippen molar-refractivity contribution in [1.29, 1.82) is 0 Å². The van der Waals surface area contributed by atoms with Gasteiger partial charge in [0.25, 0.3) is 0 Å². The minimum atomic E-state index is -0.801. The number of hydrogen-bond donors (Lipinski definition) is 2. The van der Waals surface area contributed by atoms with Crippen LogP contribution in [0.1, 0.15) is 25.3 Å². The van der Waals surface area contributed by atoms with Crippen molar-refractivity contribution in [3.05, 3.63) is 59.9 Å². The van der Waals surface area contributed by atoms with Gasteiger partial charge in [0.1, 0.15) is 5.82 Å². The molecule has 0 heterocycles. The Morgan fingerprint density at radius 1 is 0.909 bits per heavy atom. The summed E-state index contributed by atoms with van der Waals surface area (Å²) >= 11 is 0. The fourth-order valence-electron chi connectivity index (χ4n) is 2.01. The van der Waals surface area contributed by atoms with E-state index in [1.165, 1.54) is 24.3 Å². The summed E-state index contributed by atoms with van der Waals surface area (Å²) in [6, 6.07) is 12.5. The number of para-hydroxylation sites is 1. The van der Waals surface area contributed by atoms with Crippen LogP contribution < -0.4 is 10.6 Å². The minimum Gasteiger partial charge on any atom is -0.318 e. The third kappa shape index (κ3) is 3.91. The third-order valence-electron chi connectivity index (χ3n) is 3.14. The van der Waals surface area contributed by atoms with Gasteiger partial charge in [0, 0.05) is 11.4 Å². The second-order valence-corrected chi connectivity index (χ2v) is 5.16. The van der Waals surface area contributed by atoms with Crippen LogP contribution in [0, 0.1) is 5.82 Å². The van der Waals surface area contributed by atoms with Gasteiger partial charge in [-0.15, -0.1) is 0 Å². The van der Waals surface area contributed by atoms with E-state index in [1.807, 2.05) is 26.0 Å². The van der Waals surface area contributed by atoms with E-state index in [0.29, 0.717) is 11.4 Å². The van der Waals surface area contributed by atoms with Crippen LogP contribution in [0.5, 0.6) is 0 Å². The molecule has 0 aliphatic heterocycles. The van der Waals surface area contributed by atoms with Gasteiger partial charge in [0.2, 0.25) is 0 Å². The van der Waals surface area contributed by atoms with E-state index in [9.17, 15) is 14.0 Å². The van der Waals surface area contributed by atoms with E-state index in [-0.39, 0.29) is 5.92 Å². The highest BCUT2D eigenvalue weighted by molar-refractivity contribution is 6.43. The molecular weight excluding hydrogens is 283 g/mol. The van der Waals surface area contributed by atoms with Crippen LogP contribution in [-0.2, 0) is 9.59 Å². The summed E-state index contributed by atoms with van der Waals surface area (Å²) in [5.41, 5.74) is 1.92. The molecule has 0 unspecified atom stereocenters. The second-order valence-electron chi connectivity index (χ2n) is 5.16. The van der Waals surface area contributed by atoms with Gasteiger partial charge < -0.3 is 10.6 Å². The molecule has 0 saturated carbocycles. The number of carbonyl (C=O) groups is 2. The summed E-state index contributed by atoms with van der Waals surface area (Å²) in [5.74, 6) is -1.76. The van der Waals surface area contributed by atoms with Gasteiger partial charge in [0.05, 0.1) is 0 Å². The molecule has 0 fully saturated rings. The molecule has 114 valence electrons. The lowest BCUT2D eigenvalue weighted by Crippen LogP contribution is -2.29. The molecule has 0 saturated heterocycles. The van der Waals surface area contributed by atoms with Crippen molar-refractivity contribution in [2.45, 2.75) is 19.8 Å². The lowest BCUT2D eigenvalue weighted by molar-refractivity contribution is -0.133. The van der Waals surface area contributed by atoms with E-state index in [0.717, 1.165) is 5.56 Å². The topological polar surface area (TPSA) is 58.2 Å². The monoisotopic (exact) mass is 300 g/mol. The molecule has 0 radical (unpaired) electrons. The molecule has 0 atom stereocenters. The molecule has 0 aliphatic rings. The molecule has 2 amide bonds. The molecular formula is C17H17FN2O2. The lowest BCUT2D eigenvalue weighted by atomic mass is 10.0. The quantitative estimate of drug-likeness (QED) is 0.852. The van der Waals surface area contributed by atoms with Crippen LogP contribution in [0.3, 0.4) is 0 Å². The van der Waals surface area contributed by atoms with Crippen molar-refractivity contribution in [2.75, 3.05) is 10.6 Å². The van der Waals surface area contributed by atoms with E-state index in [1.54, 1.807) is 12.1 Å². The zero-order chi connectivity index (χ0) is 16.1. The summed E-state index contributed by atoms with van der Waals surface area (Å²) in [5, 5.41) is 5.02. The smallest absolute Gasteiger partial charge is 0.314 e. The lowest BCUT2D eigenvalue weighted by Gasteiger charge is -2.13.